The second kappa shape index (κ2) is 6.75. The molecule has 1 atom stereocenters. The Morgan fingerprint density at radius 2 is 2.00 bits per heavy atom. The molecule has 0 bridgehead atoms. The predicted molar refractivity (Wildman–Crippen MR) is 96.7 cm³/mol. The first kappa shape index (κ1) is 16.7. The molecule has 3 nitrogen and oxygen atoms in total. The zero-order valence-electron chi connectivity index (χ0n) is 14.8. The summed E-state index contributed by atoms with van der Waals surface area (Å²) in [5.41, 5.74) is 4.05. The van der Waals surface area contributed by atoms with Gasteiger partial charge in [0.05, 0.1) is 11.3 Å². The zero-order chi connectivity index (χ0) is 17.2. The summed E-state index contributed by atoms with van der Waals surface area (Å²) in [4.78, 5) is 7.06. The highest BCUT2D eigenvalue weighted by atomic mass is 15.1. The summed E-state index contributed by atoms with van der Waals surface area (Å²) in [5.74, 6) is 0.614. The van der Waals surface area contributed by atoms with Crippen molar-refractivity contribution < 1.29 is 0 Å². The quantitative estimate of drug-likeness (QED) is 0.849. The second-order valence-corrected chi connectivity index (χ2v) is 7.73. The Hall–Kier alpha value is -2.18. The molecule has 1 aromatic heterocycles. The minimum absolute atomic E-state index is 0.102. The lowest BCUT2D eigenvalue weighted by Crippen LogP contribution is -2.21. The molecule has 1 unspecified atom stereocenters. The van der Waals surface area contributed by atoms with E-state index in [1.165, 1.54) is 12.0 Å². The molecule has 0 amide bonds. The molecule has 2 heterocycles. The highest BCUT2D eigenvalue weighted by molar-refractivity contribution is 5.39. The third-order valence-corrected chi connectivity index (χ3v) is 4.72. The SMILES string of the molecule is CC(C)(C)c1ncc(CN2CCC(c3ccccc3)C2)cc1C#N. The van der Waals surface area contributed by atoms with Crippen molar-refractivity contribution in [1.82, 2.24) is 9.88 Å². The summed E-state index contributed by atoms with van der Waals surface area (Å²) < 4.78 is 0. The third-order valence-electron chi connectivity index (χ3n) is 4.72. The molecule has 2 aromatic rings. The molecule has 3 heteroatoms. The van der Waals surface area contributed by atoms with E-state index in [2.05, 4.69) is 67.1 Å². The van der Waals surface area contributed by atoms with Crippen LogP contribution in [0.3, 0.4) is 0 Å². The van der Waals surface area contributed by atoms with Gasteiger partial charge in [0.25, 0.3) is 0 Å². The standard InChI is InChI=1S/C21H25N3/c1-21(2,3)20-19(12-22)11-16(13-23-20)14-24-10-9-18(15-24)17-7-5-4-6-8-17/h4-8,11,13,18H,9-10,14-15H2,1-3H3. The maximum atomic E-state index is 9.45. The molecule has 1 aromatic carbocycles. The fraction of sp³-hybridized carbons (Fsp3) is 0.429. The normalized spacial score (nSPS) is 18.5. The number of likely N-dealkylation sites (tertiary alicyclic amines) is 1. The first-order chi connectivity index (χ1) is 11.5. The minimum atomic E-state index is -0.102. The van der Waals surface area contributed by atoms with Crippen LogP contribution in [0.4, 0.5) is 0 Å². The monoisotopic (exact) mass is 319 g/mol. The van der Waals surface area contributed by atoms with E-state index in [4.69, 9.17) is 0 Å². The van der Waals surface area contributed by atoms with E-state index in [0.717, 1.165) is 30.9 Å². The summed E-state index contributed by atoms with van der Waals surface area (Å²) in [6.07, 6.45) is 3.14. The maximum Gasteiger partial charge on any atom is 0.101 e. The van der Waals surface area contributed by atoms with Crippen molar-refractivity contribution in [2.75, 3.05) is 13.1 Å². The summed E-state index contributed by atoms with van der Waals surface area (Å²) in [6.45, 7) is 9.34. The lowest BCUT2D eigenvalue weighted by molar-refractivity contribution is 0.326. The summed E-state index contributed by atoms with van der Waals surface area (Å²) >= 11 is 0. The molecule has 24 heavy (non-hydrogen) atoms. The van der Waals surface area contributed by atoms with E-state index in [-0.39, 0.29) is 5.41 Å². The van der Waals surface area contributed by atoms with E-state index >= 15 is 0 Å². The molecular formula is C21H25N3. The molecular weight excluding hydrogens is 294 g/mol. The highest BCUT2D eigenvalue weighted by Gasteiger charge is 2.25. The van der Waals surface area contributed by atoms with E-state index in [0.29, 0.717) is 11.5 Å². The summed E-state index contributed by atoms with van der Waals surface area (Å²) in [6, 6.07) is 15.1. The van der Waals surface area contributed by atoms with Crippen molar-refractivity contribution in [3.05, 3.63) is 65.0 Å². The van der Waals surface area contributed by atoms with Gasteiger partial charge in [-0.3, -0.25) is 9.88 Å². The van der Waals surface area contributed by atoms with Crippen molar-refractivity contribution in [3.63, 3.8) is 0 Å². The predicted octanol–water partition coefficient (Wildman–Crippen LogP) is 4.24. The van der Waals surface area contributed by atoms with Crippen molar-refractivity contribution in [3.8, 4) is 6.07 Å². The molecule has 0 N–H and O–H groups in total. The topological polar surface area (TPSA) is 39.9 Å². The second-order valence-electron chi connectivity index (χ2n) is 7.73. The Morgan fingerprint density at radius 1 is 1.25 bits per heavy atom. The fourth-order valence-electron chi connectivity index (χ4n) is 3.51. The number of rotatable bonds is 3. The van der Waals surface area contributed by atoms with Crippen LogP contribution < -0.4 is 0 Å². The Balaban J connectivity index is 1.70. The lowest BCUT2D eigenvalue weighted by Gasteiger charge is -2.21. The van der Waals surface area contributed by atoms with Crippen molar-refractivity contribution in [2.45, 2.75) is 45.1 Å². The molecule has 1 aliphatic rings. The number of benzene rings is 1. The lowest BCUT2D eigenvalue weighted by atomic mass is 9.88. The number of pyridine rings is 1. The third kappa shape index (κ3) is 3.66. The smallest absolute Gasteiger partial charge is 0.101 e. The van der Waals surface area contributed by atoms with Crippen LogP contribution in [0, 0.1) is 11.3 Å². The Bertz CT molecular complexity index is 738. The first-order valence-electron chi connectivity index (χ1n) is 8.64. The van der Waals surface area contributed by atoms with Crippen LogP contribution in [0.1, 0.15) is 55.5 Å². The van der Waals surface area contributed by atoms with Crippen LogP contribution in [-0.2, 0) is 12.0 Å². The Labute approximate surface area is 145 Å². The fourth-order valence-corrected chi connectivity index (χ4v) is 3.51. The van der Waals surface area contributed by atoms with Gasteiger partial charge in [0.1, 0.15) is 6.07 Å². The van der Waals surface area contributed by atoms with Crippen molar-refractivity contribution in [2.24, 2.45) is 0 Å². The number of nitrogens with zero attached hydrogens (tertiary/aromatic N) is 3. The van der Waals surface area contributed by atoms with E-state index in [9.17, 15) is 5.26 Å². The number of aromatic nitrogens is 1. The van der Waals surface area contributed by atoms with Gasteiger partial charge in [0, 0.05) is 24.7 Å². The number of hydrogen-bond acceptors (Lipinski definition) is 3. The average molecular weight is 319 g/mol. The van der Waals surface area contributed by atoms with E-state index < -0.39 is 0 Å². The van der Waals surface area contributed by atoms with E-state index in [1.807, 2.05) is 12.3 Å². The van der Waals surface area contributed by atoms with Gasteiger partial charge < -0.3 is 0 Å². The first-order valence-corrected chi connectivity index (χ1v) is 8.64. The van der Waals surface area contributed by atoms with Crippen LogP contribution in [0.2, 0.25) is 0 Å². The van der Waals surface area contributed by atoms with Gasteiger partial charge in [-0.2, -0.15) is 5.26 Å². The Morgan fingerprint density at radius 3 is 2.67 bits per heavy atom. The highest BCUT2D eigenvalue weighted by Crippen LogP contribution is 2.29. The molecule has 1 saturated heterocycles. The molecule has 0 saturated carbocycles. The van der Waals surface area contributed by atoms with Crippen LogP contribution >= 0.6 is 0 Å². The molecule has 3 rings (SSSR count). The molecule has 1 fully saturated rings. The molecule has 1 aliphatic heterocycles. The van der Waals surface area contributed by atoms with Gasteiger partial charge in [-0.25, -0.2) is 0 Å². The minimum Gasteiger partial charge on any atom is -0.298 e. The van der Waals surface area contributed by atoms with Crippen molar-refractivity contribution in [1.29, 1.82) is 5.26 Å². The van der Waals surface area contributed by atoms with Gasteiger partial charge >= 0.3 is 0 Å². The average Bonchev–Trinajstić information content (AvgIpc) is 3.03. The molecule has 124 valence electrons. The number of hydrogen-bond donors (Lipinski definition) is 0. The van der Waals surface area contributed by atoms with Crippen LogP contribution in [0.25, 0.3) is 0 Å². The van der Waals surface area contributed by atoms with Gasteiger partial charge in [-0.1, -0.05) is 51.1 Å². The maximum absolute atomic E-state index is 9.45. The van der Waals surface area contributed by atoms with Crippen LogP contribution in [-0.4, -0.2) is 23.0 Å². The van der Waals surface area contributed by atoms with Crippen LogP contribution in [0.5, 0.6) is 0 Å². The molecule has 0 aliphatic carbocycles. The Kier molecular flexibility index (Phi) is 4.69. The van der Waals surface area contributed by atoms with Gasteiger partial charge in [-0.15, -0.1) is 0 Å². The number of nitriles is 1. The largest absolute Gasteiger partial charge is 0.298 e. The van der Waals surface area contributed by atoms with Gasteiger partial charge in [0.2, 0.25) is 0 Å². The zero-order valence-corrected chi connectivity index (χ0v) is 14.8. The van der Waals surface area contributed by atoms with E-state index in [1.54, 1.807) is 0 Å². The molecule has 0 spiro atoms. The summed E-state index contributed by atoms with van der Waals surface area (Å²) in [7, 11) is 0. The van der Waals surface area contributed by atoms with Crippen molar-refractivity contribution >= 4 is 0 Å². The van der Waals surface area contributed by atoms with Crippen LogP contribution in [0.15, 0.2) is 42.6 Å². The molecule has 0 radical (unpaired) electrons. The van der Waals surface area contributed by atoms with Gasteiger partial charge in [0.15, 0.2) is 0 Å². The summed E-state index contributed by atoms with van der Waals surface area (Å²) in [5, 5.41) is 9.45. The van der Waals surface area contributed by atoms with Gasteiger partial charge in [-0.05, 0) is 36.1 Å².